The molecule has 3 amide bonds. The molecule has 0 aliphatic carbocycles. The monoisotopic (exact) mass is 815 g/mol. The maximum absolute atomic E-state index is 13.8. The van der Waals surface area contributed by atoms with Gasteiger partial charge in [-0.1, -0.05) is 97.2 Å². The molecule has 7 nitrogen and oxygen atoms in total. The SMILES string of the molecule is C=C/C=C\C(=C/C)N1C(=O)/C(=C/c2cc(I)c(O)c(I)c2)C(=O)N=C1SCC(=O)NC(c1ccccc1)c1ccccc1. The van der Waals surface area contributed by atoms with Crippen LogP contribution in [0.3, 0.4) is 0 Å². The fourth-order valence-electron chi connectivity index (χ4n) is 4.23. The predicted molar refractivity (Wildman–Crippen MR) is 189 cm³/mol. The van der Waals surface area contributed by atoms with Gasteiger partial charge in [0.1, 0.15) is 11.3 Å². The summed E-state index contributed by atoms with van der Waals surface area (Å²) in [4.78, 5) is 45.9. The molecule has 3 aromatic carbocycles. The van der Waals surface area contributed by atoms with Gasteiger partial charge in [0.2, 0.25) is 5.91 Å². The molecule has 0 fully saturated rings. The summed E-state index contributed by atoms with van der Waals surface area (Å²) in [6.45, 7) is 5.46. The Morgan fingerprint density at radius 2 is 1.63 bits per heavy atom. The summed E-state index contributed by atoms with van der Waals surface area (Å²) in [6, 6.07) is 22.3. The van der Waals surface area contributed by atoms with Crippen molar-refractivity contribution in [3.05, 3.63) is 139 Å². The first-order valence-corrected chi connectivity index (χ1v) is 16.2. The number of phenolic OH excluding ortho intramolecular Hbond substituents is 1. The van der Waals surface area contributed by atoms with E-state index in [-0.39, 0.29) is 34.2 Å². The zero-order valence-corrected chi connectivity index (χ0v) is 28.2. The second kappa shape index (κ2) is 15.3. The van der Waals surface area contributed by atoms with Crippen LogP contribution in [0.5, 0.6) is 5.75 Å². The third-order valence-corrected chi connectivity index (χ3v) is 8.85. The highest BCUT2D eigenvalue weighted by Gasteiger charge is 2.35. The van der Waals surface area contributed by atoms with Crippen molar-refractivity contribution in [3.63, 3.8) is 0 Å². The molecule has 10 heteroatoms. The molecule has 43 heavy (non-hydrogen) atoms. The average Bonchev–Trinajstić information content (AvgIpc) is 3.01. The first-order chi connectivity index (χ1) is 20.7. The molecule has 2 N–H and O–H groups in total. The number of halogens is 2. The van der Waals surface area contributed by atoms with Crippen molar-refractivity contribution < 1.29 is 19.5 Å². The number of nitrogens with one attached hydrogen (secondary N) is 1. The molecule has 0 aromatic heterocycles. The Kier molecular flexibility index (Phi) is 11.5. The lowest BCUT2D eigenvalue weighted by molar-refractivity contribution is -0.126. The summed E-state index contributed by atoms with van der Waals surface area (Å²) < 4.78 is 1.17. The van der Waals surface area contributed by atoms with Gasteiger partial charge in [0, 0.05) is 5.70 Å². The van der Waals surface area contributed by atoms with Gasteiger partial charge in [0.05, 0.1) is 18.9 Å². The van der Waals surface area contributed by atoms with E-state index < -0.39 is 11.8 Å². The Morgan fingerprint density at radius 3 is 2.16 bits per heavy atom. The van der Waals surface area contributed by atoms with Crippen molar-refractivity contribution in [1.29, 1.82) is 0 Å². The lowest BCUT2D eigenvalue weighted by atomic mass is 9.99. The molecule has 218 valence electrons. The number of aromatic hydroxyl groups is 1. The second-order valence-corrected chi connectivity index (χ2v) is 12.4. The van der Waals surface area contributed by atoms with Crippen molar-refractivity contribution in [1.82, 2.24) is 10.2 Å². The van der Waals surface area contributed by atoms with Crippen LogP contribution in [0.4, 0.5) is 0 Å². The van der Waals surface area contributed by atoms with Gasteiger partial charge in [-0.3, -0.25) is 19.3 Å². The fraction of sp³-hybridized carbons (Fsp3) is 0.0909. The first kappa shape index (κ1) is 32.4. The zero-order chi connectivity index (χ0) is 30.9. The summed E-state index contributed by atoms with van der Waals surface area (Å²) >= 11 is 4.99. The van der Waals surface area contributed by atoms with E-state index in [4.69, 9.17) is 0 Å². The topological polar surface area (TPSA) is 99.1 Å². The van der Waals surface area contributed by atoms with Crippen molar-refractivity contribution >= 4 is 85.9 Å². The summed E-state index contributed by atoms with van der Waals surface area (Å²) in [5.41, 5.74) is 2.76. The van der Waals surface area contributed by atoms with E-state index in [0.717, 1.165) is 22.9 Å². The number of nitrogens with zero attached hydrogens (tertiary/aromatic N) is 2. The third kappa shape index (κ3) is 8.12. The Labute approximate surface area is 281 Å². The molecule has 0 atom stereocenters. The van der Waals surface area contributed by atoms with E-state index in [2.05, 4.69) is 16.9 Å². The number of amides is 3. The number of amidine groups is 1. The smallest absolute Gasteiger partial charge is 0.285 e. The van der Waals surface area contributed by atoms with Crippen LogP contribution in [0.2, 0.25) is 0 Å². The molecular weight excluding hydrogens is 788 g/mol. The number of thioether (sulfide) groups is 1. The van der Waals surface area contributed by atoms with Crippen LogP contribution in [-0.4, -0.2) is 38.6 Å². The summed E-state index contributed by atoms with van der Waals surface area (Å²) in [6.07, 6.45) is 8.11. The Bertz CT molecular complexity index is 1610. The highest BCUT2D eigenvalue weighted by molar-refractivity contribution is 14.1. The standard InChI is InChI=1S/C33H27I2N3O4S/c1-3-5-16-24(4-2)38-32(42)25(17-21-18-26(34)30(40)27(35)19-21)31(41)37-33(38)43-20-28(39)36-29(22-12-8-6-9-13-22)23-14-10-7-11-15-23/h3-19,29,40H,1,20H2,2H3,(H,36,39)/b16-5-,24-4+,25-17+. The summed E-state index contributed by atoms with van der Waals surface area (Å²) in [7, 11) is 0. The number of rotatable bonds is 9. The van der Waals surface area contributed by atoms with E-state index in [1.807, 2.05) is 106 Å². The molecule has 0 saturated carbocycles. The van der Waals surface area contributed by atoms with Crippen LogP contribution < -0.4 is 5.32 Å². The van der Waals surface area contributed by atoms with Gasteiger partial charge in [-0.2, -0.15) is 4.99 Å². The lowest BCUT2D eigenvalue weighted by Crippen LogP contribution is -2.42. The van der Waals surface area contributed by atoms with E-state index in [9.17, 15) is 19.5 Å². The minimum atomic E-state index is -0.711. The zero-order valence-electron chi connectivity index (χ0n) is 23.0. The van der Waals surface area contributed by atoms with Crippen LogP contribution in [-0.2, 0) is 14.4 Å². The molecule has 1 aliphatic heterocycles. The van der Waals surface area contributed by atoms with Gasteiger partial charge in [-0.05, 0) is 93.1 Å². The van der Waals surface area contributed by atoms with Crippen LogP contribution in [0.25, 0.3) is 6.08 Å². The number of hydrogen-bond donors (Lipinski definition) is 2. The van der Waals surface area contributed by atoms with E-state index in [1.54, 1.807) is 43.4 Å². The number of carbonyl (C=O) groups excluding carboxylic acids is 3. The molecule has 4 rings (SSSR count). The van der Waals surface area contributed by atoms with Crippen LogP contribution in [0.15, 0.2) is 120 Å². The van der Waals surface area contributed by atoms with Gasteiger partial charge < -0.3 is 10.4 Å². The summed E-state index contributed by atoms with van der Waals surface area (Å²) in [5, 5.41) is 13.3. The van der Waals surface area contributed by atoms with Gasteiger partial charge >= 0.3 is 0 Å². The molecule has 1 aliphatic rings. The maximum atomic E-state index is 13.8. The van der Waals surface area contributed by atoms with Crippen molar-refractivity contribution in [3.8, 4) is 5.75 Å². The van der Waals surface area contributed by atoms with Crippen LogP contribution >= 0.6 is 56.9 Å². The van der Waals surface area contributed by atoms with Crippen molar-refractivity contribution in [2.75, 3.05) is 5.75 Å². The average molecular weight is 815 g/mol. The number of phenols is 1. The third-order valence-electron chi connectivity index (χ3n) is 6.26. The first-order valence-electron chi connectivity index (χ1n) is 13.1. The molecule has 0 spiro atoms. The highest BCUT2D eigenvalue weighted by Crippen LogP contribution is 2.31. The fourth-order valence-corrected chi connectivity index (χ4v) is 6.85. The van der Waals surface area contributed by atoms with E-state index in [1.165, 1.54) is 11.0 Å². The molecule has 1 heterocycles. The largest absolute Gasteiger partial charge is 0.506 e. The van der Waals surface area contributed by atoms with Gasteiger partial charge in [-0.15, -0.1) is 0 Å². The molecule has 0 unspecified atom stereocenters. The maximum Gasteiger partial charge on any atom is 0.285 e. The van der Waals surface area contributed by atoms with Crippen LogP contribution in [0, 0.1) is 7.14 Å². The molecule has 0 saturated heterocycles. The number of aliphatic imine (C=N–C) groups is 1. The minimum absolute atomic E-state index is 0.0817. The van der Waals surface area contributed by atoms with Gasteiger partial charge in [-0.25, -0.2) is 0 Å². The van der Waals surface area contributed by atoms with Crippen molar-refractivity contribution in [2.45, 2.75) is 13.0 Å². The van der Waals surface area contributed by atoms with Crippen molar-refractivity contribution in [2.24, 2.45) is 4.99 Å². The number of allylic oxidation sites excluding steroid dienone is 4. The number of benzene rings is 3. The Balaban J connectivity index is 1.63. The Morgan fingerprint density at radius 1 is 1.05 bits per heavy atom. The molecule has 3 aromatic rings. The van der Waals surface area contributed by atoms with Gasteiger partial charge in [0.25, 0.3) is 11.8 Å². The molecule has 0 radical (unpaired) electrons. The normalized spacial score (nSPS) is 14.9. The quantitative estimate of drug-likeness (QED) is 0.105. The number of carbonyl (C=O) groups is 3. The molecular formula is C33H27I2N3O4S. The number of hydrogen-bond acceptors (Lipinski definition) is 5. The summed E-state index contributed by atoms with van der Waals surface area (Å²) in [5.74, 6) is -1.52. The van der Waals surface area contributed by atoms with Gasteiger partial charge in [0.15, 0.2) is 5.17 Å². The predicted octanol–water partition coefficient (Wildman–Crippen LogP) is 6.99. The highest BCUT2D eigenvalue weighted by atomic mass is 127. The second-order valence-electron chi connectivity index (χ2n) is 9.15. The molecule has 0 bridgehead atoms. The van der Waals surface area contributed by atoms with Crippen LogP contribution in [0.1, 0.15) is 29.7 Å². The Hall–Kier alpha value is -3.49. The minimum Gasteiger partial charge on any atom is -0.506 e. The van der Waals surface area contributed by atoms with E-state index >= 15 is 0 Å². The van der Waals surface area contributed by atoms with E-state index in [0.29, 0.717) is 18.4 Å². The lowest BCUT2D eigenvalue weighted by Gasteiger charge is -2.28.